The molecule has 0 radical (unpaired) electrons. The SMILES string of the molecule is CCC(CC(CC(C)c1ccc(OC(C)OC(C)C)cc1)c1ccc(O)cc1)C(=O)OC1(CC)CCCC1. The molecule has 1 saturated carbocycles. The zero-order chi connectivity index (χ0) is 27.7. The Morgan fingerprint density at radius 2 is 1.50 bits per heavy atom. The summed E-state index contributed by atoms with van der Waals surface area (Å²) >= 11 is 0. The first kappa shape index (κ1) is 30.0. The fraction of sp³-hybridized carbons (Fsp3) is 0.606. The van der Waals surface area contributed by atoms with Crippen LogP contribution in [0.3, 0.4) is 0 Å². The number of phenolic OH excluding ortho intramolecular Hbond substituents is 1. The van der Waals surface area contributed by atoms with Crippen LogP contribution in [0.5, 0.6) is 11.5 Å². The maximum absolute atomic E-state index is 13.4. The number of carbonyl (C=O) groups excluding carboxylic acids is 1. The van der Waals surface area contributed by atoms with Gasteiger partial charge in [0.15, 0.2) is 6.29 Å². The summed E-state index contributed by atoms with van der Waals surface area (Å²) < 4.78 is 17.8. The molecule has 2 aromatic carbocycles. The number of hydrogen-bond acceptors (Lipinski definition) is 5. The lowest BCUT2D eigenvalue weighted by molar-refractivity contribution is -0.165. The van der Waals surface area contributed by atoms with Crippen LogP contribution in [0, 0.1) is 5.92 Å². The van der Waals surface area contributed by atoms with Crippen molar-refractivity contribution in [3.63, 3.8) is 0 Å². The Morgan fingerprint density at radius 1 is 0.895 bits per heavy atom. The minimum atomic E-state index is -0.307. The molecule has 5 nitrogen and oxygen atoms in total. The number of benzene rings is 2. The third kappa shape index (κ3) is 8.49. The van der Waals surface area contributed by atoms with E-state index in [1.807, 2.05) is 45.0 Å². The predicted molar refractivity (Wildman–Crippen MR) is 153 cm³/mol. The fourth-order valence-electron chi connectivity index (χ4n) is 5.77. The van der Waals surface area contributed by atoms with Crippen molar-refractivity contribution >= 4 is 5.97 Å². The van der Waals surface area contributed by atoms with Crippen LogP contribution in [0.15, 0.2) is 48.5 Å². The van der Waals surface area contributed by atoms with Crippen LogP contribution in [0.4, 0.5) is 0 Å². The molecule has 1 N–H and O–H groups in total. The molecule has 4 unspecified atom stereocenters. The Hall–Kier alpha value is -2.53. The Bertz CT molecular complexity index is 975. The molecular formula is C33H48O5. The van der Waals surface area contributed by atoms with Gasteiger partial charge in [0, 0.05) is 0 Å². The van der Waals surface area contributed by atoms with E-state index < -0.39 is 0 Å². The van der Waals surface area contributed by atoms with Crippen LogP contribution in [-0.4, -0.2) is 29.1 Å². The van der Waals surface area contributed by atoms with Gasteiger partial charge in [-0.05, 0) is 119 Å². The Balaban J connectivity index is 1.72. The quantitative estimate of drug-likeness (QED) is 0.198. The van der Waals surface area contributed by atoms with Crippen molar-refractivity contribution in [1.29, 1.82) is 0 Å². The molecule has 0 heterocycles. The second-order valence-corrected chi connectivity index (χ2v) is 11.4. The number of ether oxygens (including phenoxy) is 3. The summed E-state index contributed by atoms with van der Waals surface area (Å²) in [6.45, 7) is 12.3. The summed E-state index contributed by atoms with van der Waals surface area (Å²) in [5.74, 6) is 1.28. The normalized spacial score (nSPS) is 18.1. The molecule has 210 valence electrons. The van der Waals surface area contributed by atoms with Gasteiger partial charge in [0.05, 0.1) is 12.0 Å². The van der Waals surface area contributed by atoms with Crippen LogP contribution in [0.2, 0.25) is 0 Å². The van der Waals surface area contributed by atoms with E-state index in [1.54, 1.807) is 12.1 Å². The van der Waals surface area contributed by atoms with Crippen LogP contribution >= 0.6 is 0 Å². The van der Waals surface area contributed by atoms with E-state index in [1.165, 1.54) is 5.56 Å². The highest BCUT2D eigenvalue weighted by Gasteiger charge is 2.38. The highest BCUT2D eigenvalue weighted by atomic mass is 16.7. The average Bonchev–Trinajstić information content (AvgIpc) is 3.35. The lowest BCUT2D eigenvalue weighted by Crippen LogP contribution is -2.34. The van der Waals surface area contributed by atoms with Gasteiger partial charge in [0.2, 0.25) is 0 Å². The standard InChI is InChI=1S/C33H48O5/c1-7-26(32(35)38-33(8-2)19-9-10-20-33)22-29(28-11-15-30(34)16-12-28)21-24(5)27-13-17-31(18-14-27)37-25(6)36-23(3)4/h11-18,23-26,29,34H,7-10,19-22H2,1-6H3. The van der Waals surface area contributed by atoms with E-state index in [2.05, 4.69) is 32.9 Å². The van der Waals surface area contributed by atoms with E-state index in [0.717, 1.165) is 62.7 Å². The molecule has 4 atom stereocenters. The average molecular weight is 525 g/mol. The Labute approximate surface area is 229 Å². The van der Waals surface area contributed by atoms with Crippen molar-refractivity contribution in [2.75, 3.05) is 0 Å². The molecule has 3 rings (SSSR count). The molecule has 5 heteroatoms. The van der Waals surface area contributed by atoms with Crippen molar-refractivity contribution in [1.82, 2.24) is 0 Å². The van der Waals surface area contributed by atoms with Gasteiger partial charge < -0.3 is 19.3 Å². The van der Waals surface area contributed by atoms with Crippen molar-refractivity contribution < 1.29 is 24.1 Å². The maximum Gasteiger partial charge on any atom is 0.309 e. The summed E-state index contributed by atoms with van der Waals surface area (Å²) in [6, 6.07) is 15.7. The van der Waals surface area contributed by atoms with Gasteiger partial charge >= 0.3 is 5.97 Å². The minimum absolute atomic E-state index is 0.0491. The number of hydrogen-bond donors (Lipinski definition) is 1. The topological polar surface area (TPSA) is 65.0 Å². The van der Waals surface area contributed by atoms with Gasteiger partial charge in [-0.15, -0.1) is 0 Å². The molecule has 1 aliphatic rings. The number of esters is 1. The third-order valence-corrected chi connectivity index (χ3v) is 8.09. The summed E-state index contributed by atoms with van der Waals surface area (Å²) in [5.41, 5.74) is 2.10. The van der Waals surface area contributed by atoms with Crippen LogP contribution in [0.25, 0.3) is 0 Å². The largest absolute Gasteiger partial charge is 0.508 e. The molecule has 0 aliphatic heterocycles. The van der Waals surface area contributed by atoms with E-state index in [9.17, 15) is 9.90 Å². The first-order valence-corrected chi connectivity index (χ1v) is 14.6. The van der Waals surface area contributed by atoms with Crippen molar-refractivity contribution in [3.05, 3.63) is 59.7 Å². The van der Waals surface area contributed by atoms with Gasteiger partial charge in [0.1, 0.15) is 17.1 Å². The van der Waals surface area contributed by atoms with Crippen molar-refractivity contribution in [2.45, 2.75) is 123 Å². The smallest absolute Gasteiger partial charge is 0.309 e. The van der Waals surface area contributed by atoms with E-state index in [0.29, 0.717) is 0 Å². The fourth-order valence-corrected chi connectivity index (χ4v) is 5.77. The first-order chi connectivity index (χ1) is 18.1. The number of phenols is 1. The van der Waals surface area contributed by atoms with E-state index in [4.69, 9.17) is 14.2 Å². The lowest BCUT2D eigenvalue weighted by atomic mass is 9.80. The second-order valence-electron chi connectivity index (χ2n) is 11.4. The van der Waals surface area contributed by atoms with Crippen LogP contribution in [0.1, 0.15) is 116 Å². The molecule has 2 aromatic rings. The zero-order valence-corrected chi connectivity index (χ0v) is 24.2. The summed E-state index contributed by atoms with van der Waals surface area (Å²) in [4.78, 5) is 13.4. The number of aromatic hydroxyl groups is 1. The van der Waals surface area contributed by atoms with E-state index in [-0.39, 0.29) is 47.5 Å². The zero-order valence-electron chi connectivity index (χ0n) is 24.2. The number of carbonyl (C=O) groups is 1. The Morgan fingerprint density at radius 3 is 2.05 bits per heavy atom. The van der Waals surface area contributed by atoms with Crippen molar-refractivity contribution in [3.8, 4) is 11.5 Å². The second kappa shape index (κ2) is 14.0. The van der Waals surface area contributed by atoms with Crippen LogP contribution in [-0.2, 0) is 14.3 Å². The monoisotopic (exact) mass is 524 g/mol. The van der Waals surface area contributed by atoms with Gasteiger partial charge in [-0.3, -0.25) is 4.79 Å². The molecule has 0 bridgehead atoms. The summed E-state index contributed by atoms with van der Waals surface area (Å²) in [5, 5.41) is 9.87. The molecule has 38 heavy (non-hydrogen) atoms. The predicted octanol–water partition coefficient (Wildman–Crippen LogP) is 8.50. The lowest BCUT2D eigenvalue weighted by Gasteiger charge is -2.31. The minimum Gasteiger partial charge on any atom is -0.508 e. The van der Waals surface area contributed by atoms with Gasteiger partial charge in [0.25, 0.3) is 0 Å². The number of rotatable bonds is 14. The third-order valence-electron chi connectivity index (χ3n) is 8.09. The maximum atomic E-state index is 13.4. The van der Waals surface area contributed by atoms with E-state index >= 15 is 0 Å². The van der Waals surface area contributed by atoms with Gasteiger partial charge in [-0.2, -0.15) is 0 Å². The first-order valence-electron chi connectivity index (χ1n) is 14.6. The summed E-state index contributed by atoms with van der Waals surface area (Å²) in [7, 11) is 0. The van der Waals surface area contributed by atoms with Crippen LogP contribution < -0.4 is 4.74 Å². The van der Waals surface area contributed by atoms with Crippen molar-refractivity contribution in [2.24, 2.45) is 5.92 Å². The summed E-state index contributed by atoms with van der Waals surface area (Å²) in [6.07, 6.45) is 7.29. The Kier molecular flexibility index (Phi) is 11.1. The molecular weight excluding hydrogens is 476 g/mol. The molecule has 0 amide bonds. The van der Waals surface area contributed by atoms with Gasteiger partial charge in [-0.1, -0.05) is 45.0 Å². The molecule has 0 spiro atoms. The molecule has 1 aliphatic carbocycles. The highest BCUT2D eigenvalue weighted by Crippen LogP contribution is 2.40. The molecule has 0 saturated heterocycles. The molecule has 1 fully saturated rings. The molecule has 0 aromatic heterocycles. The van der Waals surface area contributed by atoms with Gasteiger partial charge in [-0.25, -0.2) is 0 Å². The highest BCUT2D eigenvalue weighted by molar-refractivity contribution is 5.73.